The van der Waals surface area contributed by atoms with Crippen molar-refractivity contribution in [1.82, 2.24) is 0 Å². The van der Waals surface area contributed by atoms with E-state index in [1.165, 1.54) is 29.6 Å². The van der Waals surface area contributed by atoms with E-state index < -0.39 is 8.32 Å². The van der Waals surface area contributed by atoms with Gasteiger partial charge in [-0.25, -0.2) is 0 Å². The number of hydrogen-bond acceptors (Lipinski definition) is 1. The third-order valence-electron chi connectivity index (χ3n) is 5.95. The second-order valence-corrected chi connectivity index (χ2v) is 13.5. The van der Waals surface area contributed by atoms with Crippen molar-refractivity contribution in [2.75, 3.05) is 11.9 Å². The van der Waals surface area contributed by atoms with Crippen molar-refractivity contribution in [3.8, 4) is 0 Å². The lowest BCUT2D eigenvalue weighted by molar-refractivity contribution is 0.212. The first-order valence-electron chi connectivity index (χ1n) is 9.80. The molecule has 0 aromatic heterocycles. The van der Waals surface area contributed by atoms with Crippen LogP contribution in [-0.2, 0) is 4.43 Å². The fourth-order valence-corrected chi connectivity index (χ4v) is 10.0. The van der Waals surface area contributed by atoms with E-state index in [4.69, 9.17) is 4.43 Å². The van der Waals surface area contributed by atoms with Crippen molar-refractivity contribution in [2.24, 2.45) is 11.8 Å². The van der Waals surface area contributed by atoms with Crippen molar-refractivity contribution >= 4 is 34.6 Å². The molecule has 1 aliphatic carbocycles. The lowest BCUT2D eigenvalue weighted by atomic mass is 10.00. The third kappa shape index (κ3) is 3.85. The number of alkyl halides is 1. The summed E-state index contributed by atoms with van der Waals surface area (Å²) in [5, 5.41) is 3.93. The van der Waals surface area contributed by atoms with Gasteiger partial charge in [0.15, 0.2) is 0 Å². The molecule has 3 rings (SSSR count). The van der Waals surface area contributed by atoms with E-state index in [1.54, 1.807) is 0 Å². The summed E-state index contributed by atoms with van der Waals surface area (Å²) in [6.07, 6.45) is 3.97. The topological polar surface area (TPSA) is 9.23 Å². The molecule has 1 saturated carbocycles. The Balaban J connectivity index is 2.03. The minimum absolute atomic E-state index is 0.0677. The van der Waals surface area contributed by atoms with Crippen molar-refractivity contribution in [1.29, 1.82) is 0 Å². The maximum atomic E-state index is 7.10. The van der Waals surface area contributed by atoms with Crippen molar-refractivity contribution in [2.45, 2.75) is 45.1 Å². The van der Waals surface area contributed by atoms with E-state index in [1.807, 2.05) is 0 Å². The van der Waals surface area contributed by atoms with E-state index in [2.05, 4.69) is 97.4 Å². The normalized spacial score (nSPS) is 21.1. The summed E-state index contributed by atoms with van der Waals surface area (Å²) in [6.45, 7) is 7.95. The van der Waals surface area contributed by atoms with Gasteiger partial charge in [-0.05, 0) is 40.1 Å². The Kier molecular flexibility index (Phi) is 6.42. The average Bonchev–Trinajstić information content (AvgIpc) is 3.10. The average molecular weight is 431 g/mol. The molecule has 3 heteroatoms. The van der Waals surface area contributed by atoms with E-state index in [-0.39, 0.29) is 5.04 Å². The second-order valence-electron chi connectivity index (χ2n) is 8.58. The van der Waals surface area contributed by atoms with Crippen LogP contribution >= 0.6 is 15.9 Å². The maximum absolute atomic E-state index is 7.10. The van der Waals surface area contributed by atoms with Gasteiger partial charge in [-0.2, -0.15) is 0 Å². The predicted molar refractivity (Wildman–Crippen MR) is 118 cm³/mol. The summed E-state index contributed by atoms with van der Waals surface area (Å²) in [7, 11) is -2.37. The standard InChI is InChI=1S/C23H31BrOSi/c1-23(2,3)26(21-13-6-4-7-14-21,22-15-8-5-9-16-22)25-18-20-12-10-11-19(20)17-24/h4-9,13-16,19-20H,10-12,17-18H2,1-3H3/t19-,20-/m0/s1. The molecule has 1 fully saturated rings. The van der Waals surface area contributed by atoms with Gasteiger partial charge in [0, 0.05) is 11.9 Å². The van der Waals surface area contributed by atoms with Crippen LogP contribution in [0.3, 0.4) is 0 Å². The number of benzene rings is 2. The molecule has 2 aromatic rings. The summed E-state index contributed by atoms with van der Waals surface area (Å²) in [5.74, 6) is 1.43. The van der Waals surface area contributed by atoms with Crippen molar-refractivity contribution in [3.05, 3.63) is 60.7 Å². The predicted octanol–water partition coefficient (Wildman–Crippen LogP) is 5.37. The molecule has 0 N–H and O–H groups in total. The number of rotatable bonds is 6. The lowest BCUT2D eigenvalue weighted by Crippen LogP contribution is -2.67. The Morgan fingerprint density at radius 2 is 1.38 bits per heavy atom. The first-order chi connectivity index (χ1) is 12.5. The summed E-state index contributed by atoms with van der Waals surface area (Å²) in [6, 6.07) is 22.0. The Bertz CT molecular complexity index is 641. The fraction of sp³-hybridized carbons (Fsp3) is 0.478. The number of halogens is 1. The maximum Gasteiger partial charge on any atom is 0.261 e. The molecule has 0 spiro atoms. The summed E-state index contributed by atoms with van der Waals surface area (Å²) in [5.41, 5.74) is 0. The van der Waals surface area contributed by atoms with Gasteiger partial charge in [-0.15, -0.1) is 0 Å². The van der Waals surface area contributed by atoms with Gasteiger partial charge < -0.3 is 4.43 Å². The Morgan fingerprint density at radius 3 is 1.85 bits per heavy atom. The highest BCUT2D eigenvalue weighted by atomic mass is 79.9. The molecule has 26 heavy (non-hydrogen) atoms. The first-order valence-corrected chi connectivity index (χ1v) is 12.8. The van der Waals surface area contributed by atoms with Crippen molar-refractivity contribution in [3.63, 3.8) is 0 Å². The minimum Gasteiger partial charge on any atom is -0.407 e. The summed E-state index contributed by atoms with van der Waals surface area (Å²) >= 11 is 3.72. The minimum atomic E-state index is -2.37. The van der Waals surface area contributed by atoms with Crippen LogP contribution in [-0.4, -0.2) is 20.3 Å². The van der Waals surface area contributed by atoms with Gasteiger partial charge in [-0.3, -0.25) is 0 Å². The molecule has 0 aliphatic heterocycles. The van der Waals surface area contributed by atoms with Crippen molar-refractivity contribution < 1.29 is 4.43 Å². The molecule has 1 nitrogen and oxygen atoms in total. The lowest BCUT2D eigenvalue weighted by Gasteiger charge is -2.43. The molecule has 2 atom stereocenters. The van der Waals surface area contributed by atoms with Crippen LogP contribution in [0.2, 0.25) is 5.04 Å². The largest absolute Gasteiger partial charge is 0.407 e. The highest BCUT2D eigenvalue weighted by molar-refractivity contribution is 9.09. The van der Waals surface area contributed by atoms with E-state index in [9.17, 15) is 0 Å². The summed E-state index contributed by atoms with van der Waals surface area (Å²) < 4.78 is 7.10. The van der Waals surface area contributed by atoms with Gasteiger partial charge in [0.05, 0.1) is 0 Å². The number of hydrogen-bond donors (Lipinski definition) is 0. The van der Waals surface area contributed by atoms with Gasteiger partial charge in [-0.1, -0.05) is 104 Å². The molecule has 0 saturated heterocycles. The van der Waals surface area contributed by atoms with Gasteiger partial charge >= 0.3 is 0 Å². The molecule has 0 radical (unpaired) electrons. The quantitative estimate of drug-likeness (QED) is 0.441. The van der Waals surface area contributed by atoms with Crippen LogP contribution in [0.1, 0.15) is 40.0 Å². The molecule has 1 aliphatic rings. The zero-order valence-corrected chi connectivity index (χ0v) is 18.8. The Labute approximate surface area is 168 Å². The molecule has 2 aromatic carbocycles. The van der Waals surface area contributed by atoms with Crippen LogP contribution in [0.5, 0.6) is 0 Å². The van der Waals surface area contributed by atoms with Crippen LogP contribution < -0.4 is 10.4 Å². The van der Waals surface area contributed by atoms with Gasteiger partial charge in [0.1, 0.15) is 0 Å². The molecule has 0 bridgehead atoms. The fourth-order valence-electron chi connectivity index (χ4n) is 4.53. The van der Waals surface area contributed by atoms with Gasteiger partial charge in [0.2, 0.25) is 0 Å². The van der Waals surface area contributed by atoms with Crippen LogP contribution in [0.25, 0.3) is 0 Å². The van der Waals surface area contributed by atoms with Crippen LogP contribution in [0.15, 0.2) is 60.7 Å². The SMILES string of the molecule is CC(C)(C)[Si](OC[C@@H]1CCC[C@H]1CBr)(c1ccccc1)c1ccccc1. The molecule has 0 heterocycles. The smallest absolute Gasteiger partial charge is 0.261 e. The molecule has 0 unspecified atom stereocenters. The summed E-state index contributed by atoms with van der Waals surface area (Å²) in [4.78, 5) is 0. The molecule has 140 valence electrons. The molecular formula is C23H31BrOSi. The monoisotopic (exact) mass is 430 g/mol. The third-order valence-corrected chi connectivity index (χ3v) is 11.8. The highest BCUT2D eigenvalue weighted by Gasteiger charge is 2.50. The molecular weight excluding hydrogens is 400 g/mol. The van der Waals surface area contributed by atoms with E-state index >= 15 is 0 Å². The van der Waals surface area contributed by atoms with E-state index in [0.29, 0.717) is 5.92 Å². The second kappa shape index (κ2) is 8.41. The van der Waals surface area contributed by atoms with Gasteiger partial charge in [0.25, 0.3) is 8.32 Å². The highest BCUT2D eigenvalue weighted by Crippen LogP contribution is 2.39. The van der Waals surface area contributed by atoms with Crippen LogP contribution in [0, 0.1) is 11.8 Å². The Hall–Kier alpha value is -0.903. The Morgan fingerprint density at radius 1 is 0.885 bits per heavy atom. The first kappa shape index (κ1) is 19.8. The zero-order valence-electron chi connectivity index (χ0n) is 16.2. The van der Waals surface area contributed by atoms with Crippen LogP contribution in [0.4, 0.5) is 0 Å². The van der Waals surface area contributed by atoms with E-state index in [0.717, 1.165) is 17.9 Å². The zero-order chi connectivity index (χ0) is 18.6. The molecule has 0 amide bonds.